The molecule has 134 valence electrons. The van der Waals surface area contributed by atoms with Crippen molar-refractivity contribution < 1.29 is 35.9 Å². The SMILES string of the molecule is COc1cc(C(=O)NS(=O)(=O)c2ccc(F)cc2)ccc1OC(F)F. The van der Waals surface area contributed by atoms with Crippen LogP contribution in [-0.2, 0) is 10.0 Å². The summed E-state index contributed by atoms with van der Waals surface area (Å²) in [7, 11) is -3.06. The first-order chi connectivity index (χ1) is 11.7. The normalized spacial score (nSPS) is 11.2. The molecule has 0 saturated heterocycles. The number of halogens is 3. The summed E-state index contributed by atoms with van der Waals surface area (Å²) in [5, 5.41) is 0. The van der Waals surface area contributed by atoms with Crippen LogP contribution in [0.25, 0.3) is 0 Å². The number of hydrogen-bond acceptors (Lipinski definition) is 5. The fourth-order valence-corrected chi connectivity index (χ4v) is 2.83. The molecule has 10 heteroatoms. The smallest absolute Gasteiger partial charge is 0.387 e. The number of amides is 1. The van der Waals surface area contributed by atoms with Crippen molar-refractivity contribution in [2.75, 3.05) is 7.11 Å². The molecule has 6 nitrogen and oxygen atoms in total. The van der Waals surface area contributed by atoms with Gasteiger partial charge < -0.3 is 9.47 Å². The van der Waals surface area contributed by atoms with Crippen LogP contribution in [0.15, 0.2) is 47.4 Å². The van der Waals surface area contributed by atoms with Crippen LogP contribution in [-0.4, -0.2) is 28.0 Å². The highest BCUT2D eigenvalue weighted by Gasteiger charge is 2.20. The zero-order chi connectivity index (χ0) is 18.6. The lowest BCUT2D eigenvalue weighted by Gasteiger charge is -2.12. The molecular weight excluding hydrogens is 363 g/mol. The fraction of sp³-hybridized carbons (Fsp3) is 0.133. The van der Waals surface area contributed by atoms with Crippen molar-refractivity contribution in [3.63, 3.8) is 0 Å². The van der Waals surface area contributed by atoms with Crippen molar-refractivity contribution >= 4 is 15.9 Å². The van der Waals surface area contributed by atoms with Crippen LogP contribution in [0.2, 0.25) is 0 Å². The lowest BCUT2D eigenvalue weighted by Crippen LogP contribution is -2.30. The lowest BCUT2D eigenvalue weighted by molar-refractivity contribution is -0.0512. The molecule has 0 bridgehead atoms. The second-order valence-electron chi connectivity index (χ2n) is 4.63. The van der Waals surface area contributed by atoms with Gasteiger partial charge in [-0.3, -0.25) is 4.79 Å². The van der Waals surface area contributed by atoms with Crippen LogP contribution in [0.3, 0.4) is 0 Å². The molecule has 2 aromatic rings. The van der Waals surface area contributed by atoms with Gasteiger partial charge in [0.15, 0.2) is 11.5 Å². The summed E-state index contributed by atoms with van der Waals surface area (Å²) in [5.74, 6) is -2.14. The number of methoxy groups -OCH3 is 1. The van der Waals surface area contributed by atoms with Gasteiger partial charge in [0.2, 0.25) is 0 Å². The average molecular weight is 375 g/mol. The fourth-order valence-electron chi connectivity index (χ4n) is 1.86. The number of carbonyl (C=O) groups is 1. The van der Waals surface area contributed by atoms with E-state index >= 15 is 0 Å². The highest BCUT2D eigenvalue weighted by atomic mass is 32.2. The predicted molar refractivity (Wildman–Crippen MR) is 80.7 cm³/mol. The van der Waals surface area contributed by atoms with Crippen molar-refractivity contribution in [1.29, 1.82) is 0 Å². The van der Waals surface area contributed by atoms with E-state index in [4.69, 9.17) is 4.74 Å². The zero-order valence-corrected chi connectivity index (χ0v) is 13.5. The molecule has 0 unspecified atom stereocenters. The summed E-state index contributed by atoms with van der Waals surface area (Å²) >= 11 is 0. The second kappa shape index (κ2) is 7.43. The van der Waals surface area contributed by atoms with E-state index in [1.165, 1.54) is 7.11 Å². The van der Waals surface area contributed by atoms with Crippen molar-refractivity contribution in [2.45, 2.75) is 11.5 Å². The Morgan fingerprint density at radius 1 is 1.08 bits per heavy atom. The Morgan fingerprint density at radius 3 is 2.28 bits per heavy atom. The van der Waals surface area contributed by atoms with Crippen molar-refractivity contribution in [2.24, 2.45) is 0 Å². The van der Waals surface area contributed by atoms with Gasteiger partial charge in [-0.1, -0.05) is 0 Å². The van der Waals surface area contributed by atoms with E-state index in [0.29, 0.717) is 0 Å². The van der Waals surface area contributed by atoms with Gasteiger partial charge in [0, 0.05) is 5.56 Å². The topological polar surface area (TPSA) is 81.7 Å². The molecule has 0 aliphatic heterocycles. The van der Waals surface area contributed by atoms with Gasteiger partial charge in [-0.15, -0.1) is 0 Å². The molecule has 0 radical (unpaired) electrons. The Labute approximate surface area is 141 Å². The van der Waals surface area contributed by atoms with Gasteiger partial charge in [-0.2, -0.15) is 8.78 Å². The molecule has 25 heavy (non-hydrogen) atoms. The summed E-state index contributed by atoms with van der Waals surface area (Å²) in [6.45, 7) is -3.09. The van der Waals surface area contributed by atoms with Crippen LogP contribution in [0, 0.1) is 5.82 Å². The highest BCUT2D eigenvalue weighted by Crippen LogP contribution is 2.29. The molecule has 1 N–H and O–H groups in total. The summed E-state index contributed by atoms with van der Waals surface area (Å²) in [6, 6.07) is 7.03. The molecule has 0 fully saturated rings. The number of sulfonamides is 1. The first-order valence-corrected chi connectivity index (χ1v) is 8.17. The largest absolute Gasteiger partial charge is 0.493 e. The maximum atomic E-state index is 12.9. The molecular formula is C15H12F3NO5S. The number of hydrogen-bond donors (Lipinski definition) is 1. The molecule has 0 spiro atoms. The average Bonchev–Trinajstić information content (AvgIpc) is 2.54. The molecule has 0 aromatic heterocycles. The van der Waals surface area contributed by atoms with Crippen molar-refractivity contribution in [3.05, 3.63) is 53.8 Å². The quantitative estimate of drug-likeness (QED) is 0.839. The minimum absolute atomic E-state index is 0.163. The minimum atomic E-state index is -4.23. The van der Waals surface area contributed by atoms with E-state index < -0.39 is 28.4 Å². The third-order valence-electron chi connectivity index (χ3n) is 2.99. The highest BCUT2D eigenvalue weighted by molar-refractivity contribution is 7.90. The third-order valence-corrected chi connectivity index (χ3v) is 4.34. The number of alkyl halides is 2. The Morgan fingerprint density at radius 2 is 1.72 bits per heavy atom. The van der Waals surface area contributed by atoms with Gasteiger partial charge in [-0.05, 0) is 42.5 Å². The number of rotatable bonds is 6. The summed E-state index contributed by atoms with van der Waals surface area (Å²) in [4.78, 5) is 11.8. The van der Waals surface area contributed by atoms with E-state index in [-0.39, 0.29) is 22.0 Å². The first kappa shape index (κ1) is 18.6. The van der Waals surface area contributed by atoms with Gasteiger partial charge in [-0.25, -0.2) is 17.5 Å². The molecule has 0 saturated carbocycles. The van der Waals surface area contributed by atoms with E-state index in [0.717, 1.165) is 42.5 Å². The van der Waals surface area contributed by atoms with Crippen LogP contribution < -0.4 is 14.2 Å². The number of benzene rings is 2. The first-order valence-electron chi connectivity index (χ1n) is 6.68. The monoisotopic (exact) mass is 375 g/mol. The minimum Gasteiger partial charge on any atom is -0.493 e. The van der Waals surface area contributed by atoms with Crippen LogP contribution in [0.4, 0.5) is 13.2 Å². The Kier molecular flexibility index (Phi) is 5.52. The van der Waals surface area contributed by atoms with E-state index in [1.54, 1.807) is 4.72 Å². The second-order valence-corrected chi connectivity index (χ2v) is 6.32. The summed E-state index contributed by atoms with van der Waals surface area (Å²) in [5.41, 5.74) is -0.163. The molecule has 0 atom stereocenters. The molecule has 1 amide bonds. The standard InChI is InChI=1S/C15H12F3NO5S/c1-23-13-8-9(2-7-12(13)24-15(17)18)14(20)19-25(21,22)11-5-3-10(16)4-6-11/h2-8,15H,1H3,(H,19,20). The van der Waals surface area contributed by atoms with Gasteiger partial charge >= 0.3 is 6.61 Å². The van der Waals surface area contributed by atoms with Crippen LogP contribution in [0.1, 0.15) is 10.4 Å². The molecule has 2 rings (SSSR count). The summed E-state index contributed by atoms with van der Waals surface area (Å²) < 4.78 is 72.4. The zero-order valence-electron chi connectivity index (χ0n) is 12.7. The number of carbonyl (C=O) groups excluding carboxylic acids is 1. The van der Waals surface area contributed by atoms with E-state index in [1.807, 2.05) is 0 Å². The van der Waals surface area contributed by atoms with Gasteiger partial charge in [0.1, 0.15) is 5.82 Å². The number of ether oxygens (including phenoxy) is 2. The van der Waals surface area contributed by atoms with Crippen molar-refractivity contribution in [3.8, 4) is 11.5 Å². The van der Waals surface area contributed by atoms with E-state index in [9.17, 15) is 26.4 Å². The maximum absolute atomic E-state index is 12.9. The predicted octanol–water partition coefficient (Wildman–Crippen LogP) is 2.55. The Bertz CT molecular complexity index is 869. The molecule has 0 heterocycles. The van der Waals surface area contributed by atoms with Crippen LogP contribution in [0.5, 0.6) is 11.5 Å². The Hall–Kier alpha value is -2.75. The third kappa shape index (κ3) is 4.63. The lowest BCUT2D eigenvalue weighted by atomic mass is 10.2. The summed E-state index contributed by atoms with van der Waals surface area (Å²) in [6.07, 6.45) is 0. The van der Waals surface area contributed by atoms with Crippen LogP contribution >= 0.6 is 0 Å². The van der Waals surface area contributed by atoms with Crippen molar-refractivity contribution in [1.82, 2.24) is 4.72 Å². The Balaban J connectivity index is 2.24. The van der Waals surface area contributed by atoms with Gasteiger partial charge in [0.25, 0.3) is 15.9 Å². The molecule has 0 aliphatic carbocycles. The van der Waals surface area contributed by atoms with E-state index in [2.05, 4.69) is 4.74 Å². The number of nitrogens with one attached hydrogen (secondary N) is 1. The van der Waals surface area contributed by atoms with Gasteiger partial charge in [0.05, 0.1) is 12.0 Å². The molecule has 2 aromatic carbocycles. The molecule has 0 aliphatic rings. The maximum Gasteiger partial charge on any atom is 0.387 e.